The van der Waals surface area contributed by atoms with Crippen LogP contribution in [0, 0.1) is 35.5 Å². The maximum Gasteiger partial charge on any atom is 0.309 e. The van der Waals surface area contributed by atoms with Gasteiger partial charge < -0.3 is 48.5 Å². The molecule has 0 saturated carbocycles. The molecule has 0 aliphatic heterocycles. The van der Waals surface area contributed by atoms with Gasteiger partial charge in [0.25, 0.3) is 0 Å². The third-order valence-electron chi connectivity index (χ3n) is 7.93. The van der Waals surface area contributed by atoms with E-state index in [2.05, 4.69) is 0 Å². The number of aliphatic hydroxyl groups is 2. The molecule has 56 heavy (non-hydrogen) atoms. The zero-order valence-corrected chi connectivity index (χ0v) is 39.2. The number of carboxylic acid groups (broad SMARTS) is 1. The summed E-state index contributed by atoms with van der Waals surface area (Å²) in [5.74, 6) is -2.20. The molecule has 0 amide bonds. The summed E-state index contributed by atoms with van der Waals surface area (Å²) in [6.07, 6.45) is 3.32. The number of carboxylic acids is 1. The summed E-state index contributed by atoms with van der Waals surface area (Å²) >= 11 is 0. The molecule has 0 rings (SSSR count). The molecule has 338 valence electrons. The Kier molecular flexibility index (Phi) is 37.7. The molecule has 6 atom stereocenters. The van der Waals surface area contributed by atoms with E-state index in [-0.39, 0.29) is 60.1 Å². The maximum absolute atomic E-state index is 12.0. The Morgan fingerprint density at radius 1 is 0.464 bits per heavy atom. The zero-order chi connectivity index (χ0) is 45.6. The average molecular weight is 815 g/mol. The van der Waals surface area contributed by atoms with E-state index in [0.717, 1.165) is 27.1 Å². The van der Waals surface area contributed by atoms with Gasteiger partial charge in [-0.05, 0) is 101 Å². The van der Waals surface area contributed by atoms with Crippen LogP contribution >= 0.6 is 0 Å². The van der Waals surface area contributed by atoms with Crippen LogP contribution < -0.4 is 0 Å². The molecule has 0 fully saturated rings. The van der Waals surface area contributed by atoms with Crippen LogP contribution in [0.3, 0.4) is 0 Å². The Hall–Kier alpha value is -2.36. The normalized spacial score (nSPS) is 14.6. The third-order valence-corrected chi connectivity index (χ3v) is 7.93. The molecule has 14 heteroatoms. The van der Waals surface area contributed by atoms with E-state index in [4.69, 9.17) is 48.5 Å². The average Bonchev–Trinajstić information content (AvgIpc) is 3.09. The predicted octanol–water partition coefficient (Wildman–Crippen LogP) is 7.68. The van der Waals surface area contributed by atoms with Gasteiger partial charge >= 0.3 is 23.9 Å². The molecule has 0 heterocycles. The van der Waals surface area contributed by atoms with Crippen LogP contribution in [0.4, 0.5) is 0 Å². The second-order valence-electron chi connectivity index (χ2n) is 16.5. The summed E-state index contributed by atoms with van der Waals surface area (Å²) in [4.78, 5) is 46.5. The van der Waals surface area contributed by atoms with Gasteiger partial charge in [-0.2, -0.15) is 0 Å². The summed E-state index contributed by atoms with van der Waals surface area (Å²) in [5.41, 5.74) is -1.39. The molecule has 0 spiro atoms. The first kappa shape index (κ1) is 62.8. The van der Waals surface area contributed by atoms with Crippen molar-refractivity contribution in [2.45, 2.75) is 172 Å². The second kappa shape index (κ2) is 33.6. The fourth-order valence-electron chi connectivity index (χ4n) is 5.21. The van der Waals surface area contributed by atoms with Crippen LogP contribution in [-0.4, -0.2) is 111 Å². The van der Waals surface area contributed by atoms with Crippen molar-refractivity contribution >= 4 is 23.9 Å². The van der Waals surface area contributed by atoms with E-state index >= 15 is 0 Å². The van der Waals surface area contributed by atoms with Crippen molar-refractivity contribution in [2.24, 2.45) is 35.5 Å². The first-order valence-electron chi connectivity index (χ1n) is 19.6. The van der Waals surface area contributed by atoms with Crippen molar-refractivity contribution in [3.63, 3.8) is 0 Å². The largest absolute Gasteiger partial charge is 0.481 e. The van der Waals surface area contributed by atoms with Crippen molar-refractivity contribution in [3.8, 4) is 0 Å². The van der Waals surface area contributed by atoms with E-state index < -0.39 is 28.7 Å². The summed E-state index contributed by atoms with van der Waals surface area (Å²) in [7, 11) is 8.44. The summed E-state index contributed by atoms with van der Waals surface area (Å²) in [5, 5.41) is 22.8. The number of aliphatic hydroxyl groups excluding tert-OH is 2. The standard InChI is InChI=1S/2C14H28O4.C12H22O4.2CH4O/c2*1-8-11(12(15)18-14(3,4)5)9-10(2)13(16-6)17-7;1-6-9(7-8(2)10(13)14)11(15)16-12(3,4)5;2*1-2/h2*10-11,13H,8-9H2,1-7H3;8-9H,6-7H2,1-5H3,(H,13,14);2*2H,1H3. The van der Waals surface area contributed by atoms with E-state index in [1.807, 2.05) is 76.2 Å². The topological polar surface area (TPSA) is 194 Å². The molecule has 0 bridgehead atoms. The Balaban J connectivity index is -0.000000222. The molecule has 0 aliphatic rings. The summed E-state index contributed by atoms with van der Waals surface area (Å²) in [6, 6.07) is 0. The fourth-order valence-corrected chi connectivity index (χ4v) is 5.21. The van der Waals surface area contributed by atoms with Crippen LogP contribution in [0.2, 0.25) is 0 Å². The van der Waals surface area contributed by atoms with Crippen LogP contribution in [0.25, 0.3) is 0 Å². The summed E-state index contributed by atoms with van der Waals surface area (Å²) in [6.45, 7) is 28.2. The molecule has 0 aromatic carbocycles. The number of hydrogen-bond acceptors (Lipinski definition) is 13. The van der Waals surface area contributed by atoms with Gasteiger partial charge in [0.05, 0.1) is 23.7 Å². The first-order valence-corrected chi connectivity index (χ1v) is 19.6. The van der Waals surface area contributed by atoms with Gasteiger partial charge in [-0.15, -0.1) is 0 Å². The second-order valence-corrected chi connectivity index (χ2v) is 16.5. The number of aliphatic carboxylic acids is 1. The van der Waals surface area contributed by atoms with Crippen molar-refractivity contribution in [1.29, 1.82) is 0 Å². The number of methoxy groups -OCH3 is 4. The van der Waals surface area contributed by atoms with Gasteiger partial charge in [0.1, 0.15) is 16.8 Å². The molecule has 0 saturated heterocycles. The number of esters is 3. The van der Waals surface area contributed by atoms with Gasteiger partial charge in [0.15, 0.2) is 12.6 Å². The molecule has 14 nitrogen and oxygen atoms in total. The number of carbonyl (C=O) groups is 4. The minimum atomic E-state index is -0.873. The van der Waals surface area contributed by atoms with E-state index in [1.165, 1.54) is 0 Å². The molecular weight excluding hydrogens is 728 g/mol. The van der Waals surface area contributed by atoms with Gasteiger partial charge in [0.2, 0.25) is 0 Å². The lowest BCUT2D eigenvalue weighted by molar-refractivity contribution is -0.166. The lowest BCUT2D eigenvalue weighted by Gasteiger charge is -2.27. The van der Waals surface area contributed by atoms with E-state index in [1.54, 1.807) is 56.1 Å². The van der Waals surface area contributed by atoms with Crippen LogP contribution in [0.5, 0.6) is 0 Å². The van der Waals surface area contributed by atoms with Crippen LogP contribution in [0.15, 0.2) is 0 Å². The highest BCUT2D eigenvalue weighted by molar-refractivity contribution is 5.75. The highest BCUT2D eigenvalue weighted by atomic mass is 16.7. The zero-order valence-electron chi connectivity index (χ0n) is 39.2. The Labute approximate surface area is 341 Å². The fraction of sp³-hybridized carbons (Fsp3) is 0.905. The van der Waals surface area contributed by atoms with Gasteiger partial charge in [-0.1, -0.05) is 41.5 Å². The number of rotatable bonds is 19. The third kappa shape index (κ3) is 33.7. The SMILES string of the molecule is CCC(CC(C)C(=O)O)C(=O)OC(C)(C)C.CCC(CC(C)C(OC)OC)C(=O)OC(C)(C)C.CCC(CC(C)C(OC)OC)C(=O)OC(C)(C)C.CO.CO. The van der Waals surface area contributed by atoms with Crippen molar-refractivity contribution in [2.75, 3.05) is 42.7 Å². The van der Waals surface area contributed by atoms with Crippen molar-refractivity contribution < 1.29 is 67.7 Å². The molecule has 3 N–H and O–H groups in total. The highest BCUT2D eigenvalue weighted by Gasteiger charge is 2.30. The smallest absolute Gasteiger partial charge is 0.309 e. The van der Waals surface area contributed by atoms with Crippen molar-refractivity contribution in [1.82, 2.24) is 0 Å². The molecule has 0 aromatic heterocycles. The van der Waals surface area contributed by atoms with Crippen LogP contribution in [-0.2, 0) is 52.3 Å². The maximum atomic E-state index is 12.0. The molecular formula is C42H86O14. The Morgan fingerprint density at radius 3 is 0.839 bits per heavy atom. The van der Waals surface area contributed by atoms with Crippen molar-refractivity contribution in [3.05, 3.63) is 0 Å². The van der Waals surface area contributed by atoms with E-state index in [0.29, 0.717) is 25.7 Å². The monoisotopic (exact) mass is 815 g/mol. The van der Waals surface area contributed by atoms with Gasteiger partial charge in [-0.25, -0.2) is 0 Å². The van der Waals surface area contributed by atoms with Gasteiger partial charge in [-0.3, -0.25) is 19.2 Å². The molecule has 6 unspecified atom stereocenters. The van der Waals surface area contributed by atoms with Crippen LogP contribution in [0.1, 0.15) is 142 Å². The first-order chi connectivity index (χ1) is 25.7. The lowest BCUT2D eigenvalue weighted by Crippen LogP contribution is -2.32. The highest BCUT2D eigenvalue weighted by Crippen LogP contribution is 2.25. The Morgan fingerprint density at radius 2 is 0.679 bits per heavy atom. The lowest BCUT2D eigenvalue weighted by atomic mass is 9.93. The molecule has 0 aromatic rings. The van der Waals surface area contributed by atoms with Gasteiger partial charge in [0, 0.05) is 54.5 Å². The van der Waals surface area contributed by atoms with E-state index in [9.17, 15) is 19.2 Å². The number of ether oxygens (including phenoxy) is 7. The molecule has 0 radical (unpaired) electrons. The number of hydrogen-bond donors (Lipinski definition) is 3. The summed E-state index contributed by atoms with van der Waals surface area (Å²) < 4.78 is 36.9. The Bertz CT molecular complexity index is 937. The minimum absolute atomic E-state index is 0.105. The minimum Gasteiger partial charge on any atom is -0.481 e. The number of carbonyl (C=O) groups excluding carboxylic acids is 3. The molecule has 0 aliphatic carbocycles. The predicted molar refractivity (Wildman–Crippen MR) is 220 cm³/mol. The quantitative estimate of drug-likeness (QED) is 0.0653.